The van der Waals surface area contributed by atoms with Crippen molar-refractivity contribution in [2.24, 2.45) is 0 Å². The first kappa shape index (κ1) is 18.0. The van der Waals surface area contributed by atoms with E-state index in [0.29, 0.717) is 17.4 Å². The van der Waals surface area contributed by atoms with Crippen molar-refractivity contribution in [3.8, 4) is 0 Å². The lowest BCUT2D eigenvalue weighted by molar-refractivity contribution is -0.127. The molecule has 0 radical (unpaired) electrons. The van der Waals surface area contributed by atoms with Gasteiger partial charge < -0.3 is 14.6 Å². The Morgan fingerprint density at radius 1 is 1.36 bits per heavy atom. The third-order valence-electron chi connectivity index (χ3n) is 3.20. The number of carbonyl (C=O) groups is 1. The van der Waals surface area contributed by atoms with Gasteiger partial charge in [-0.1, -0.05) is 45.1 Å². The summed E-state index contributed by atoms with van der Waals surface area (Å²) >= 11 is 6.23. The fourth-order valence-corrected chi connectivity index (χ4v) is 4.08. The minimum absolute atomic E-state index is 0.0121. The molecule has 25 heavy (non-hydrogen) atoms. The van der Waals surface area contributed by atoms with Crippen molar-refractivity contribution in [2.75, 3.05) is 18.1 Å². The Morgan fingerprint density at radius 3 is 3.00 bits per heavy atom. The molecule has 3 aromatic rings. The molecular formula is C16H15BrN4O2S2. The molecule has 0 saturated heterocycles. The summed E-state index contributed by atoms with van der Waals surface area (Å²) in [6, 6.07) is 11.5. The molecule has 1 aromatic carbocycles. The first-order valence-electron chi connectivity index (χ1n) is 7.35. The third-order valence-corrected chi connectivity index (χ3v) is 5.65. The number of halogens is 1. The molecule has 2 aromatic heterocycles. The molecule has 0 saturated carbocycles. The van der Waals surface area contributed by atoms with Crippen LogP contribution in [0.25, 0.3) is 0 Å². The fraction of sp³-hybridized carbons (Fsp3) is 0.188. The molecule has 0 aliphatic carbocycles. The lowest BCUT2D eigenvalue weighted by Crippen LogP contribution is -2.27. The molecule has 0 fully saturated rings. The van der Waals surface area contributed by atoms with Crippen LogP contribution in [0.1, 0.15) is 5.76 Å². The van der Waals surface area contributed by atoms with Crippen LogP contribution in [0.5, 0.6) is 0 Å². The van der Waals surface area contributed by atoms with Crippen molar-refractivity contribution >= 4 is 55.8 Å². The van der Waals surface area contributed by atoms with Crippen LogP contribution in [0.15, 0.2) is 55.9 Å². The number of aromatic nitrogens is 2. The minimum atomic E-state index is 0.0121. The number of nitrogens with zero attached hydrogens (tertiary/aromatic N) is 3. The molecule has 1 N–H and O–H groups in total. The highest BCUT2D eigenvalue weighted by Crippen LogP contribution is 2.28. The van der Waals surface area contributed by atoms with E-state index in [1.165, 1.54) is 23.1 Å². The van der Waals surface area contributed by atoms with Gasteiger partial charge in [-0.05, 0) is 30.3 Å². The minimum Gasteiger partial charge on any atom is -0.467 e. The third kappa shape index (κ3) is 5.32. The number of hydrogen-bond acceptors (Lipinski definition) is 7. The Labute approximate surface area is 161 Å². The average molecular weight is 439 g/mol. The molecular weight excluding hydrogens is 424 g/mol. The van der Waals surface area contributed by atoms with Gasteiger partial charge in [0.1, 0.15) is 5.76 Å². The zero-order chi connectivity index (χ0) is 17.6. The zero-order valence-electron chi connectivity index (χ0n) is 13.3. The Bertz CT molecular complexity index is 838. The van der Waals surface area contributed by atoms with Crippen molar-refractivity contribution in [3.63, 3.8) is 0 Å². The molecule has 0 aliphatic heterocycles. The van der Waals surface area contributed by atoms with Gasteiger partial charge in [-0.15, -0.1) is 10.2 Å². The highest BCUT2D eigenvalue weighted by molar-refractivity contribution is 9.10. The quantitative estimate of drug-likeness (QED) is 0.551. The van der Waals surface area contributed by atoms with Gasteiger partial charge in [0.15, 0.2) is 4.34 Å². The van der Waals surface area contributed by atoms with Gasteiger partial charge in [0.05, 0.1) is 18.6 Å². The topological polar surface area (TPSA) is 71.3 Å². The van der Waals surface area contributed by atoms with Crippen LogP contribution in [0.2, 0.25) is 0 Å². The molecule has 3 rings (SSSR count). The first-order valence-corrected chi connectivity index (χ1v) is 9.95. The van der Waals surface area contributed by atoms with E-state index in [2.05, 4.69) is 31.4 Å². The maximum atomic E-state index is 12.2. The number of benzene rings is 1. The van der Waals surface area contributed by atoms with E-state index in [-0.39, 0.29) is 5.91 Å². The predicted molar refractivity (Wildman–Crippen MR) is 103 cm³/mol. The largest absolute Gasteiger partial charge is 0.467 e. The van der Waals surface area contributed by atoms with Crippen LogP contribution in [0, 0.1) is 0 Å². The lowest BCUT2D eigenvalue weighted by Gasteiger charge is -2.14. The van der Waals surface area contributed by atoms with Gasteiger partial charge in [-0.2, -0.15) is 0 Å². The predicted octanol–water partition coefficient (Wildman–Crippen LogP) is 4.39. The summed E-state index contributed by atoms with van der Waals surface area (Å²) in [5.41, 5.74) is 0.927. The number of hydrogen-bond donors (Lipinski definition) is 1. The van der Waals surface area contributed by atoms with E-state index < -0.39 is 0 Å². The van der Waals surface area contributed by atoms with E-state index >= 15 is 0 Å². The summed E-state index contributed by atoms with van der Waals surface area (Å²) in [4.78, 5) is 13.8. The van der Waals surface area contributed by atoms with Crippen LogP contribution < -0.4 is 5.32 Å². The standard InChI is InChI=1S/C16H15BrN4O2S2/c1-21(9-13-6-3-7-23-13)14(22)10-24-16-20-19-15(25-16)18-12-5-2-4-11(17)8-12/h2-8H,9-10H2,1H3,(H,18,19). The molecule has 6 nitrogen and oxygen atoms in total. The fourth-order valence-electron chi connectivity index (χ4n) is 1.97. The summed E-state index contributed by atoms with van der Waals surface area (Å²) in [5, 5.41) is 12.1. The molecule has 0 aliphatic rings. The SMILES string of the molecule is CN(Cc1ccco1)C(=O)CSc1nnc(Nc2cccc(Br)c2)s1. The second kappa shape index (κ2) is 8.50. The first-order chi connectivity index (χ1) is 12.1. The Balaban J connectivity index is 1.50. The average Bonchev–Trinajstić information content (AvgIpc) is 3.24. The van der Waals surface area contributed by atoms with Crippen LogP contribution in [0.3, 0.4) is 0 Å². The Hall–Kier alpha value is -1.84. The highest BCUT2D eigenvalue weighted by atomic mass is 79.9. The number of carbonyl (C=O) groups excluding carboxylic acids is 1. The second-order valence-electron chi connectivity index (χ2n) is 5.13. The number of furan rings is 1. The second-order valence-corrected chi connectivity index (χ2v) is 8.24. The number of anilines is 2. The maximum Gasteiger partial charge on any atom is 0.233 e. The van der Waals surface area contributed by atoms with E-state index in [1.54, 1.807) is 18.2 Å². The van der Waals surface area contributed by atoms with Crippen LogP contribution >= 0.6 is 39.0 Å². The van der Waals surface area contributed by atoms with E-state index in [1.807, 2.05) is 36.4 Å². The summed E-state index contributed by atoms with van der Waals surface area (Å²) in [7, 11) is 1.76. The summed E-state index contributed by atoms with van der Waals surface area (Å²) < 4.78 is 6.99. The van der Waals surface area contributed by atoms with Crippen molar-refractivity contribution in [1.29, 1.82) is 0 Å². The molecule has 2 heterocycles. The molecule has 130 valence electrons. The lowest BCUT2D eigenvalue weighted by atomic mass is 10.3. The smallest absolute Gasteiger partial charge is 0.233 e. The van der Waals surface area contributed by atoms with Crippen LogP contribution in [-0.4, -0.2) is 33.8 Å². The normalized spacial score (nSPS) is 10.6. The number of thioether (sulfide) groups is 1. The van der Waals surface area contributed by atoms with Gasteiger partial charge >= 0.3 is 0 Å². The monoisotopic (exact) mass is 438 g/mol. The van der Waals surface area contributed by atoms with Crippen molar-refractivity contribution in [3.05, 3.63) is 52.9 Å². The molecule has 1 amide bonds. The Morgan fingerprint density at radius 2 is 2.24 bits per heavy atom. The van der Waals surface area contributed by atoms with Crippen molar-refractivity contribution in [1.82, 2.24) is 15.1 Å². The van der Waals surface area contributed by atoms with Crippen molar-refractivity contribution < 1.29 is 9.21 Å². The number of rotatable bonds is 7. The van der Waals surface area contributed by atoms with Gasteiger partial charge in [0, 0.05) is 17.2 Å². The van der Waals surface area contributed by atoms with E-state index in [4.69, 9.17) is 4.42 Å². The van der Waals surface area contributed by atoms with Crippen molar-refractivity contribution in [2.45, 2.75) is 10.9 Å². The van der Waals surface area contributed by atoms with Gasteiger partial charge in [0.25, 0.3) is 0 Å². The number of nitrogens with one attached hydrogen (secondary N) is 1. The molecule has 0 bridgehead atoms. The van der Waals surface area contributed by atoms with Crippen LogP contribution in [0.4, 0.5) is 10.8 Å². The van der Waals surface area contributed by atoms with E-state index in [9.17, 15) is 4.79 Å². The highest BCUT2D eigenvalue weighted by Gasteiger charge is 2.13. The zero-order valence-corrected chi connectivity index (χ0v) is 16.5. The van der Waals surface area contributed by atoms with Gasteiger partial charge in [-0.25, -0.2) is 0 Å². The van der Waals surface area contributed by atoms with Gasteiger partial charge in [0.2, 0.25) is 11.0 Å². The summed E-state index contributed by atoms with van der Waals surface area (Å²) in [6.45, 7) is 0.457. The van der Waals surface area contributed by atoms with Gasteiger partial charge in [-0.3, -0.25) is 4.79 Å². The summed E-state index contributed by atoms with van der Waals surface area (Å²) in [6.07, 6.45) is 1.60. The molecule has 9 heteroatoms. The molecule has 0 atom stereocenters. The Kier molecular flexibility index (Phi) is 6.11. The van der Waals surface area contributed by atoms with Crippen LogP contribution in [-0.2, 0) is 11.3 Å². The molecule has 0 unspecified atom stereocenters. The van der Waals surface area contributed by atoms with E-state index in [0.717, 1.165) is 20.3 Å². The summed E-state index contributed by atoms with van der Waals surface area (Å²) in [5.74, 6) is 1.08. The number of amides is 1. The maximum absolute atomic E-state index is 12.2. The molecule has 0 spiro atoms.